The summed E-state index contributed by atoms with van der Waals surface area (Å²) in [4.78, 5) is 8.99. The molecule has 1 N–H and O–H groups in total. The monoisotopic (exact) mass is 237 g/mol. The molecule has 0 spiro atoms. The van der Waals surface area contributed by atoms with Gasteiger partial charge in [0.15, 0.2) is 5.82 Å². The summed E-state index contributed by atoms with van der Waals surface area (Å²) in [6.07, 6.45) is 0.879. The maximum atomic E-state index is 5.38. The lowest BCUT2D eigenvalue weighted by Gasteiger charge is -2.14. The molecule has 0 saturated carbocycles. The molecule has 1 atom stereocenters. The fourth-order valence-electron chi connectivity index (χ4n) is 1.66. The summed E-state index contributed by atoms with van der Waals surface area (Å²) in [5.74, 6) is 0.788. The number of hydrogen-bond donors (Lipinski definition) is 1. The molecule has 0 aliphatic carbocycles. The lowest BCUT2D eigenvalue weighted by molar-refractivity contribution is 0.0922. The third kappa shape index (κ3) is 4.40. The number of rotatable bonds is 6. The third-order valence-electron chi connectivity index (χ3n) is 2.56. The van der Waals surface area contributed by atoms with Crippen molar-refractivity contribution in [3.8, 4) is 0 Å². The van der Waals surface area contributed by atoms with Crippen molar-refractivity contribution in [2.45, 2.75) is 52.8 Å². The molecule has 0 amide bonds. The zero-order valence-electron chi connectivity index (χ0n) is 11.4. The molecule has 0 bridgehead atoms. The summed E-state index contributed by atoms with van der Waals surface area (Å²) in [6.45, 7) is 9.09. The Labute approximate surface area is 104 Å². The number of ether oxygens (including phenoxy) is 1. The smallest absolute Gasteiger partial charge is 0.157 e. The summed E-state index contributed by atoms with van der Waals surface area (Å²) in [5.41, 5.74) is 2.02. The van der Waals surface area contributed by atoms with Crippen LogP contribution in [0.5, 0.6) is 0 Å². The second-order valence-electron chi connectivity index (χ2n) is 4.53. The molecule has 0 fully saturated rings. The second-order valence-corrected chi connectivity index (χ2v) is 4.53. The van der Waals surface area contributed by atoms with Crippen molar-refractivity contribution in [1.29, 1.82) is 0 Å². The van der Waals surface area contributed by atoms with Crippen molar-refractivity contribution in [3.05, 3.63) is 23.3 Å². The predicted molar refractivity (Wildman–Crippen MR) is 68.8 cm³/mol. The summed E-state index contributed by atoms with van der Waals surface area (Å²) in [5, 5.41) is 3.36. The van der Waals surface area contributed by atoms with Crippen LogP contribution in [0, 0.1) is 6.92 Å². The highest BCUT2D eigenvalue weighted by molar-refractivity contribution is 5.11. The van der Waals surface area contributed by atoms with Crippen LogP contribution in [0.3, 0.4) is 0 Å². The van der Waals surface area contributed by atoms with E-state index < -0.39 is 0 Å². The molecule has 1 heterocycles. The Morgan fingerprint density at radius 2 is 2.06 bits per heavy atom. The average molecular weight is 237 g/mol. The maximum Gasteiger partial charge on any atom is 0.157 e. The molecule has 4 heteroatoms. The van der Waals surface area contributed by atoms with Crippen molar-refractivity contribution in [2.75, 3.05) is 7.11 Å². The molecule has 1 rings (SSSR count). The quantitative estimate of drug-likeness (QED) is 0.825. The van der Waals surface area contributed by atoms with E-state index in [0.29, 0.717) is 6.04 Å². The van der Waals surface area contributed by atoms with Crippen LogP contribution in [-0.2, 0) is 11.3 Å². The number of methoxy groups -OCH3 is 1. The van der Waals surface area contributed by atoms with Gasteiger partial charge >= 0.3 is 0 Å². The number of hydrogen-bond acceptors (Lipinski definition) is 4. The molecule has 1 unspecified atom stereocenters. The van der Waals surface area contributed by atoms with Crippen molar-refractivity contribution in [2.24, 2.45) is 0 Å². The second kappa shape index (κ2) is 6.67. The molecule has 1 aromatic heterocycles. The minimum atomic E-state index is -0.00676. The van der Waals surface area contributed by atoms with Gasteiger partial charge in [-0.2, -0.15) is 0 Å². The predicted octanol–water partition coefficient (Wildman–Crippen LogP) is 2.38. The average Bonchev–Trinajstić information content (AvgIpc) is 2.27. The fraction of sp³-hybridized carbons (Fsp3) is 0.692. The van der Waals surface area contributed by atoms with Gasteiger partial charge in [0.25, 0.3) is 0 Å². The molecular formula is C13H23N3O. The fourth-order valence-corrected chi connectivity index (χ4v) is 1.66. The topological polar surface area (TPSA) is 47.0 Å². The van der Waals surface area contributed by atoms with E-state index in [1.165, 1.54) is 0 Å². The van der Waals surface area contributed by atoms with Crippen LogP contribution in [0.2, 0.25) is 0 Å². The summed E-state index contributed by atoms with van der Waals surface area (Å²) < 4.78 is 5.38. The zero-order chi connectivity index (χ0) is 12.8. The third-order valence-corrected chi connectivity index (χ3v) is 2.56. The minimum Gasteiger partial charge on any atom is -0.373 e. The van der Waals surface area contributed by atoms with Gasteiger partial charge in [-0.05, 0) is 19.4 Å². The standard InChI is InChI=1S/C13H23N3O/c1-6-12(17-5)13-15-10(4)7-11(16-13)8-14-9(2)3/h7,9,12,14H,6,8H2,1-5H3. The van der Waals surface area contributed by atoms with Crippen LogP contribution >= 0.6 is 0 Å². The van der Waals surface area contributed by atoms with Crippen LogP contribution in [0.15, 0.2) is 6.07 Å². The van der Waals surface area contributed by atoms with Crippen LogP contribution < -0.4 is 5.32 Å². The van der Waals surface area contributed by atoms with Crippen molar-refractivity contribution in [3.63, 3.8) is 0 Å². The Balaban J connectivity index is 2.85. The van der Waals surface area contributed by atoms with E-state index in [-0.39, 0.29) is 6.10 Å². The van der Waals surface area contributed by atoms with Gasteiger partial charge in [0.1, 0.15) is 6.10 Å². The molecule has 0 aromatic carbocycles. The summed E-state index contributed by atoms with van der Waals surface area (Å²) >= 11 is 0. The van der Waals surface area contributed by atoms with Gasteiger partial charge in [0, 0.05) is 25.4 Å². The van der Waals surface area contributed by atoms with E-state index in [1.807, 2.05) is 13.0 Å². The molecule has 0 aliphatic rings. The number of aromatic nitrogens is 2. The normalized spacial score (nSPS) is 13.1. The molecule has 4 nitrogen and oxygen atoms in total. The summed E-state index contributed by atoms with van der Waals surface area (Å²) in [6, 6.07) is 2.47. The van der Waals surface area contributed by atoms with E-state index in [2.05, 4.69) is 36.1 Å². The number of aryl methyl sites for hydroxylation is 1. The number of nitrogens with zero attached hydrogens (tertiary/aromatic N) is 2. The van der Waals surface area contributed by atoms with Gasteiger partial charge in [-0.15, -0.1) is 0 Å². The van der Waals surface area contributed by atoms with Gasteiger partial charge in [0.2, 0.25) is 0 Å². The first kappa shape index (κ1) is 14.1. The van der Waals surface area contributed by atoms with E-state index in [1.54, 1.807) is 7.11 Å². The molecule has 96 valence electrons. The molecule has 0 aliphatic heterocycles. The zero-order valence-corrected chi connectivity index (χ0v) is 11.4. The van der Waals surface area contributed by atoms with E-state index >= 15 is 0 Å². The Kier molecular flexibility index (Phi) is 5.51. The molecule has 0 radical (unpaired) electrons. The van der Waals surface area contributed by atoms with Gasteiger partial charge in [-0.3, -0.25) is 0 Å². The van der Waals surface area contributed by atoms with Gasteiger partial charge in [-0.1, -0.05) is 20.8 Å². The molecule has 17 heavy (non-hydrogen) atoms. The highest BCUT2D eigenvalue weighted by Gasteiger charge is 2.12. The molecular weight excluding hydrogens is 214 g/mol. The van der Waals surface area contributed by atoms with Crippen LogP contribution in [0.1, 0.15) is 50.5 Å². The first-order valence-corrected chi connectivity index (χ1v) is 6.17. The Bertz CT molecular complexity index is 349. The minimum absolute atomic E-state index is 0.00676. The van der Waals surface area contributed by atoms with Crippen LogP contribution in [-0.4, -0.2) is 23.1 Å². The van der Waals surface area contributed by atoms with E-state index in [4.69, 9.17) is 4.74 Å². The highest BCUT2D eigenvalue weighted by atomic mass is 16.5. The Morgan fingerprint density at radius 3 is 2.59 bits per heavy atom. The molecule has 0 saturated heterocycles. The lowest BCUT2D eigenvalue weighted by Crippen LogP contribution is -2.23. The number of nitrogens with one attached hydrogen (secondary N) is 1. The first-order chi connectivity index (χ1) is 8.06. The van der Waals surface area contributed by atoms with Gasteiger partial charge in [-0.25, -0.2) is 9.97 Å². The van der Waals surface area contributed by atoms with Crippen LogP contribution in [0.25, 0.3) is 0 Å². The van der Waals surface area contributed by atoms with Crippen molar-refractivity contribution >= 4 is 0 Å². The first-order valence-electron chi connectivity index (χ1n) is 6.17. The van der Waals surface area contributed by atoms with E-state index in [0.717, 1.165) is 30.2 Å². The molecule has 1 aromatic rings. The largest absolute Gasteiger partial charge is 0.373 e. The maximum absolute atomic E-state index is 5.38. The Morgan fingerprint density at radius 1 is 1.35 bits per heavy atom. The summed E-state index contributed by atoms with van der Waals surface area (Å²) in [7, 11) is 1.70. The van der Waals surface area contributed by atoms with Crippen molar-refractivity contribution in [1.82, 2.24) is 15.3 Å². The van der Waals surface area contributed by atoms with Gasteiger partial charge in [0.05, 0.1) is 5.69 Å². The van der Waals surface area contributed by atoms with Crippen LogP contribution in [0.4, 0.5) is 0 Å². The van der Waals surface area contributed by atoms with E-state index in [9.17, 15) is 0 Å². The Hall–Kier alpha value is -1.00. The van der Waals surface area contributed by atoms with Gasteiger partial charge < -0.3 is 10.1 Å². The lowest BCUT2D eigenvalue weighted by atomic mass is 10.2. The SMILES string of the molecule is CCC(OC)c1nc(C)cc(CNC(C)C)n1. The van der Waals surface area contributed by atoms with Crippen molar-refractivity contribution < 1.29 is 4.74 Å². The highest BCUT2D eigenvalue weighted by Crippen LogP contribution is 2.16.